The molecule has 0 amide bonds. The zero-order valence-electron chi connectivity index (χ0n) is 7.85. The van der Waals surface area contributed by atoms with Gasteiger partial charge in [-0.05, 0) is 12.5 Å². The van der Waals surface area contributed by atoms with Crippen molar-refractivity contribution in [3.63, 3.8) is 0 Å². The molecule has 0 N–H and O–H groups in total. The molecule has 1 rings (SSSR count). The van der Waals surface area contributed by atoms with Gasteiger partial charge in [0, 0.05) is 16.1 Å². The van der Waals surface area contributed by atoms with Gasteiger partial charge in [0.25, 0.3) is 0 Å². The molecule has 0 unspecified atom stereocenters. The molecule has 0 saturated carbocycles. The maximum atomic E-state index is 5.16. The first-order chi connectivity index (χ1) is 6.79. The third-order valence-corrected chi connectivity index (χ3v) is 2.24. The fourth-order valence-corrected chi connectivity index (χ4v) is 1.59. The quantitative estimate of drug-likeness (QED) is 0.570. The largest absolute Gasteiger partial charge is 0.0845 e. The molecule has 1 aliphatic rings. The first-order valence-corrected chi connectivity index (χ1v) is 5.33. The number of thiocarbonyl (C=S) groups is 2. The van der Waals surface area contributed by atoms with E-state index in [2.05, 4.69) is 12.2 Å². The molecule has 0 aromatic heterocycles. The minimum Gasteiger partial charge on any atom is -0.0845 e. The lowest BCUT2D eigenvalue weighted by Gasteiger charge is -1.95. The number of hydrogen-bond donors (Lipinski definition) is 0. The van der Waals surface area contributed by atoms with Gasteiger partial charge >= 0.3 is 0 Å². The highest BCUT2D eigenvalue weighted by Crippen LogP contribution is 1.99. The molecule has 0 spiro atoms. The highest BCUT2D eigenvalue weighted by Gasteiger charge is 1.94. The summed E-state index contributed by atoms with van der Waals surface area (Å²) in [4.78, 5) is 1.78. The second-order valence-electron chi connectivity index (χ2n) is 2.92. The van der Waals surface area contributed by atoms with Crippen LogP contribution in [0.15, 0.2) is 48.6 Å². The van der Waals surface area contributed by atoms with Gasteiger partial charge in [-0.1, -0.05) is 67.0 Å². The van der Waals surface area contributed by atoms with Gasteiger partial charge in [0.05, 0.1) is 0 Å². The summed E-state index contributed by atoms with van der Waals surface area (Å²) in [6.45, 7) is 0. The van der Waals surface area contributed by atoms with Crippen LogP contribution in [0.25, 0.3) is 0 Å². The molecule has 0 aliphatic heterocycles. The Labute approximate surface area is 95.7 Å². The van der Waals surface area contributed by atoms with E-state index in [-0.39, 0.29) is 0 Å². The molecule has 0 fully saturated rings. The van der Waals surface area contributed by atoms with Crippen molar-refractivity contribution in [3.05, 3.63) is 48.6 Å². The highest BCUT2D eigenvalue weighted by molar-refractivity contribution is 7.82. The topological polar surface area (TPSA) is 0 Å². The van der Waals surface area contributed by atoms with Gasteiger partial charge < -0.3 is 0 Å². The van der Waals surface area contributed by atoms with Gasteiger partial charge in [0.2, 0.25) is 0 Å². The third-order valence-electron chi connectivity index (χ3n) is 1.68. The molecule has 0 aromatic carbocycles. The van der Waals surface area contributed by atoms with Crippen molar-refractivity contribution >= 4 is 34.2 Å². The fraction of sp³-hybridized carbons (Fsp3) is 0.167. The Hall–Kier alpha value is -0.860. The van der Waals surface area contributed by atoms with E-state index in [0.717, 1.165) is 16.1 Å². The van der Waals surface area contributed by atoms with Crippen molar-refractivity contribution in [1.29, 1.82) is 0 Å². The lowest BCUT2D eigenvalue weighted by Crippen LogP contribution is -1.97. The minimum absolute atomic E-state index is 0.704. The van der Waals surface area contributed by atoms with Crippen molar-refractivity contribution < 1.29 is 0 Å². The highest BCUT2D eigenvalue weighted by atomic mass is 32.1. The molecule has 0 aromatic rings. The molecule has 0 heterocycles. The van der Waals surface area contributed by atoms with Crippen LogP contribution in [0, 0.1) is 0 Å². The van der Waals surface area contributed by atoms with Crippen molar-refractivity contribution in [1.82, 2.24) is 0 Å². The molecule has 72 valence electrons. The van der Waals surface area contributed by atoms with Crippen LogP contribution in [-0.4, -0.2) is 9.73 Å². The molecule has 2 heteroatoms. The third kappa shape index (κ3) is 5.00. The van der Waals surface area contributed by atoms with Gasteiger partial charge in [-0.3, -0.25) is 0 Å². The molecule has 14 heavy (non-hydrogen) atoms. The van der Waals surface area contributed by atoms with E-state index in [4.69, 9.17) is 24.4 Å². The molecule has 0 atom stereocenters. The predicted molar refractivity (Wildman–Crippen MR) is 71.0 cm³/mol. The standard InChI is InChI=1S/C12H12S2/c13-11-8-6-4-2-1-3-5-7-9-12(14)10-11/h1-4,6-9H,5,10H2/b3-1-,4-2-,8-6-,9-7?. The fourth-order valence-electron chi connectivity index (χ4n) is 1.02. The molecule has 0 bridgehead atoms. The molecular weight excluding hydrogens is 208 g/mol. The lowest BCUT2D eigenvalue weighted by molar-refractivity contribution is 1.40. The summed E-state index contributed by atoms with van der Waals surface area (Å²) in [5, 5.41) is 0. The monoisotopic (exact) mass is 220 g/mol. The van der Waals surface area contributed by atoms with Gasteiger partial charge in [-0.2, -0.15) is 0 Å². The SMILES string of the molecule is S=C1C=CC\C=C/C=C\C=C/C(=S)C1. The zero-order chi connectivity index (χ0) is 10.2. The summed E-state index contributed by atoms with van der Waals surface area (Å²) in [7, 11) is 0. The summed E-state index contributed by atoms with van der Waals surface area (Å²) < 4.78 is 0. The summed E-state index contributed by atoms with van der Waals surface area (Å²) in [6, 6.07) is 0. The second kappa shape index (κ2) is 6.57. The van der Waals surface area contributed by atoms with E-state index in [0.29, 0.717) is 6.42 Å². The Morgan fingerprint density at radius 2 is 1.50 bits per heavy atom. The van der Waals surface area contributed by atoms with Gasteiger partial charge in [0.15, 0.2) is 0 Å². The smallest absolute Gasteiger partial charge is 0.0204 e. The molecule has 0 saturated heterocycles. The number of allylic oxidation sites excluding steroid dienone is 8. The van der Waals surface area contributed by atoms with Crippen LogP contribution in [0.3, 0.4) is 0 Å². The average molecular weight is 220 g/mol. The Kier molecular flexibility index (Phi) is 5.27. The molecule has 0 nitrogen and oxygen atoms in total. The molecule has 1 aliphatic carbocycles. The van der Waals surface area contributed by atoms with Crippen LogP contribution in [-0.2, 0) is 0 Å². The van der Waals surface area contributed by atoms with E-state index in [9.17, 15) is 0 Å². The van der Waals surface area contributed by atoms with Crippen LogP contribution in [0.2, 0.25) is 0 Å². The summed E-state index contributed by atoms with van der Waals surface area (Å²) >= 11 is 10.3. The van der Waals surface area contributed by atoms with E-state index in [1.54, 1.807) is 0 Å². The summed E-state index contributed by atoms with van der Waals surface area (Å²) in [5.41, 5.74) is 0. The van der Waals surface area contributed by atoms with E-state index in [1.807, 2.05) is 36.5 Å². The lowest BCUT2D eigenvalue weighted by atomic mass is 10.2. The normalized spacial score (nSPS) is 24.9. The van der Waals surface area contributed by atoms with Crippen LogP contribution in [0.1, 0.15) is 12.8 Å². The van der Waals surface area contributed by atoms with Crippen LogP contribution in [0.5, 0.6) is 0 Å². The Morgan fingerprint density at radius 1 is 0.786 bits per heavy atom. The molecule has 0 radical (unpaired) electrons. The van der Waals surface area contributed by atoms with Crippen molar-refractivity contribution in [2.45, 2.75) is 12.8 Å². The Balaban J connectivity index is 2.72. The maximum Gasteiger partial charge on any atom is 0.0204 e. The first-order valence-electron chi connectivity index (χ1n) is 4.51. The summed E-state index contributed by atoms with van der Waals surface area (Å²) in [6.07, 6.45) is 17.6. The zero-order valence-corrected chi connectivity index (χ0v) is 9.48. The predicted octanol–water partition coefficient (Wildman–Crippen LogP) is 3.74. The van der Waals surface area contributed by atoms with Crippen LogP contribution >= 0.6 is 24.4 Å². The summed E-state index contributed by atoms with van der Waals surface area (Å²) in [5.74, 6) is 0. The van der Waals surface area contributed by atoms with Crippen molar-refractivity contribution in [2.75, 3.05) is 0 Å². The number of hydrogen-bond acceptors (Lipinski definition) is 2. The van der Waals surface area contributed by atoms with Crippen molar-refractivity contribution in [3.8, 4) is 0 Å². The van der Waals surface area contributed by atoms with E-state index in [1.165, 1.54) is 0 Å². The van der Waals surface area contributed by atoms with Crippen LogP contribution in [0.4, 0.5) is 0 Å². The first kappa shape index (κ1) is 11.2. The van der Waals surface area contributed by atoms with Crippen LogP contribution < -0.4 is 0 Å². The minimum atomic E-state index is 0.704. The second-order valence-corrected chi connectivity index (χ2v) is 3.97. The molecular formula is C12H12S2. The van der Waals surface area contributed by atoms with E-state index >= 15 is 0 Å². The van der Waals surface area contributed by atoms with Gasteiger partial charge in [-0.15, -0.1) is 0 Å². The average Bonchev–Trinajstić information content (AvgIpc) is 2.13. The number of rotatable bonds is 0. The van der Waals surface area contributed by atoms with Gasteiger partial charge in [0.1, 0.15) is 0 Å². The van der Waals surface area contributed by atoms with E-state index < -0.39 is 0 Å². The van der Waals surface area contributed by atoms with Crippen molar-refractivity contribution in [2.24, 2.45) is 0 Å². The Bertz CT molecular complexity index is 330. The maximum absolute atomic E-state index is 5.16. The Morgan fingerprint density at radius 3 is 2.36 bits per heavy atom. The van der Waals surface area contributed by atoms with Gasteiger partial charge in [-0.25, -0.2) is 0 Å².